The summed E-state index contributed by atoms with van der Waals surface area (Å²) in [5, 5.41) is 1.44. The number of nitrogens with zero attached hydrogens (tertiary/aromatic N) is 2. The van der Waals surface area contributed by atoms with Gasteiger partial charge >= 0.3 is 0 Å². The number of benzene rings is 2. The molecule has 3 aromatic rings. The first-order chi connectivity index (χ1) is 10.2. The zero-order chi connectivity index (χ0) is 14.8. The van der Waals surface area contributed by atoms with Crippen molar-refractivity contribution in [2.75, 3.05) is 5.88 Å². The third kappa shape index (κ3) is 3.03. The van der Waals surface area contributed by atoms with Crippen molar-refractivity contribution in [2.45, 2.75) is 13.0 Å². The first-order valence-corrected chi connectivity index (χ1v) is 7.92. The first kappa shape index (κ1) is 14.7. The van der Waals surface area contributed by atoms with Crippen LogP contribution in [0.5, 0.6) is 0 Å². The van der Waals surface area contributed by atoms with Crippen LogP contribution in [0.3, 0.4) is 0 Å². The summed E-state index contributed by atoms with van der Waals surface area (Å²) in [5.74, 6) is 1.47. The van der Waals surface area contributed by atoms with Gasteiger partial charge in [0.2, 0.25) is 0 Å². The summed E-state index contributed by atoms with van der Waals surface area (Å²) in [6.45, 7) is 0.655. The van der Waals surface area contributed by atoms with Crippen LogP contribution in [0, 0.1) is 0 Å². The Morgan fingerprint density at radius 2 is 1.86 bits per heavy atom. The Balaban J connectivity index is 2.12. The number of imidazole rings is 1. The summed E-state index contributed by atoms with van der Waals surface area (Å²) in [7, 11) is 0. The fourth-order valence-electron chi connectivity index (χ4n) is 2.39. The van der Waals surface area contributed by atoms with Crippen LogP contribution in [-0.4, -0.2) is 15.4 Å². The maximum absolute atomic E-state index is 6.27. The summed E-state index contributed by atoms with van der Waals surface area (Å²) in [5.41, 5.74) is 2.98. The normalized spacial score (nSPS) is 11.2. The molecule has 3 rings (SSSR count). The largest absolute Gasteiger partial charge is 0.323 e. The monoisotopic (exact) mass is 338 g/mol. The van der Waals surface area contributed by atoms with E-state index in [4.69, 9.17) is 34.8 Å². The van der Waals surface area contributed by atoms with Gasteiger partial charge in [0, 0.05) is 22.3 Å². The molecule has 0 radical (unpaired) electrons. The lowest BCUT2D eigenvalue weighted by Crippen LogP contribution is -2.06. The molecule has 1 aromatic heterocycles. The molecule has 0 aliphatic rings. The van der Waals surface area contributed by atoms with Crippen molar-refractivity contribution in [1.82, 2.24) is 9.55 Å². The number of rotatable bonds is 4. The third-order valence-corrected chi connectivity index (χ3v) is 4.19. The van der Waals surface area contributed by atoms with Gasteiger partial charge in [-0.3, -0.25) is 0 Å². The third-order valence-electron chi connectivity index (χ3n) is 3.39. The van der Waals surface area contributed by atoms with Crippen LogP contribution in [0.1, 0.15) is 11.4 Å². The van der Waals surface area contributed by atoms with E-state index in [0.29, 0.717) is 23.9 Å². The number of hydrogen-bond acceptors (Lipinski definition) is 1. The molecule has 0 saturated carbocycles. The van der Waals surface area contributed by atoms with Crippen LogP contribution in [0.4, 0.5) is 0 Å². The zero-order valence-electron chi connectivity index (χ0n) is 11.2. The van der Waals surface area contributed by atoms with E-state index in [1.54, 1.807) is 0 Å². The van der Waals surface area contributed by atoms with E-state index >= 15 is 0 Å². The predicted octanol–water partition coefficient (Wildman–Crippen LogP) is 5.17. The van der Waals surface area contributed by atoms with Gasteiger partial charge in [0.05, 0.1) is 17.6 Å². The second-order valence-corrected chi connectivity index (χ2v) is 6.00. The van der Waals surface area contributed by atoms with Gasteiger partial charge in [0.1, 0.15) is 5.82 Å². The maximum atomic E-state index is 6.27. The molecule has 0 bridgehead atoms. The second-order valence-electron chi connectivity index (χ2n) is 4.78. The molecule has 0 unspecified atom stereocenters. The molecular weight excluding hydrogens is 327 g/mol. The lowest BCUT2D eigenvalue weighted by molar-refractivity contribution is 0.755. The van der Waals surface area contributed by atoms with Gasteiger partial charge in [0.15, 0.2) is 0 Å². The zero-order valence-corrected chi connectivity index (χ0v) is 13.5. The molecule has 21 heavy (non-hydrogen) atoms. The van der Waals surface area contributed by atoms with E-state index in [-0.39, 0.29) is 0 Å². The number of halogens is 3. The van der Waals surface area contributed by atoms with Crippen LogP contribution in [0.15, 0.2) is 42.5 Å². The molecule has 5 heteroatoms. The van der Waals surface area contributed by atoms with E-state index in [1.165, 1.54) is 0 Å². The first-order valence-electron chi connectivity index (χ1n) is 6.63. The molecule has 0 N–H and O–H groups in total. The SMILES string of the molecule is ClCCc1nc2ccc(Cl)cc2n1Cc1ccccc1Cl. The average Bonchev–Trinajstić information content (AvgIpc) is 2.79. The van der Waals surface area contributed by atoms with Crippen LogP contribution in [0.25, 0.3) is 11.0 Å². The minimum Gasteiger partial charge on any atom is -0.323 e. The highest BCUT2D eigenvalue weighted by molar-refractivity contribution is 6.31. The topological polar surface area (TPSA) is 17.8 Å². The van der Waals surface area contributed by atoms with E-state index in [0.717, 1.165) is 27.4 Å². The molecule has 0 amide bonds. The average molecular weight is 340 g/mol. The van der Waals surface area contributed by atoms with Gasteiger partial charge in [0.25, 0.3) is 0 Å². The standard InChI is InChI=1S/C16H13Cl3N2/c17-8-7-16-20-14-6-5-12(18)9-15(14)21(16)10-11-3-1-2-4-13(11)19/h1-6,9H,7-8,10H2. The van der Waals surface area contributed by atoms with Crippen molar-refractivity contribution in [3.63, 3.8) is 0 Å². The van der Waals surface area contributed by atoms with Crippen molar-refractivity contribution in [3.05, 3.63) is 63.9 Å². The van der Waals surface area contributed by atoms with Gasteiger partial charge in [-0.15, -0.1) is 11.6 Å². The van der Waals surface area contributed by atoms with Crippen LogP contribution < -0.4 is 0 Å². The second kappa shape index (κ2) is 6.27. The highest BCUT2D eigenvalue weighted by Crippen LogP contribution is 2.24. The Kier molecular flexibility index (Phi) is 4.39. The van der Waals surface area contributed by atoms with Crippen molar-refractivity contribution in [3.8, 4) is 0 Å². The number of aryl methyl sites for hydroxylation is 1. The molecular formula is C16H13Cl3N2. The van der Waals surface area contributed by atoms with Crippen molar-refractivity contribution in [1.29, 1.82) is 0 Å². The quantitative estimate of drug-likeness (QED) is 0.599. The molecule has 0 saturated heterocycles. The Morgan fingerprint density at radius 3 is 2.62 bits per heavy atom. The highest BCUT2D eigenvalue weighted by Gasteiger charge is 2.12. The van der Waals surface area contributed by atoms with Crippen LogP contribution >= 0.6 is 34.8 Å². The minimum absolute atomic E-state index is 0.527. The van der Waals surface area contributed by atoms with Crippen LogP contribution in [-0.2, 0) is 13.0 Å². The van der Waals surface area contributed by atoms with E-state index in [1.807, 2.05) is 42.5 Å². The minimum atomic E-state index is 0.527. The van der Waals surface area contributed by atoms with Crippen LogP contribution in [0.2, 0.25) is 10.0 Å². The number of fused-ring (bicyclic) bond motifs is 1. The Morgan fingerprint density at radius 1 is 1.05 bits per heavy atom. The number of aromatic nitrogens is 2. The number of hydrogen-bond donors (Lipinski definition) is 0. The van der Waals surface area contributed by atoms with Gasteiger partial charge in [-0.25, -0.2) is 4.98 Å². The molecule has 0 aliphatic heterocycles. The van der Waals surface area contributed by atoms with Gasteiger partial charge in [-0.2, -0.15) is 0 Å². The molecule has 0 spiro atoms. The summed E-state index contributed by atoms with van der Waals surface area (Å²) in [6, 6.07) is 13.5. The predicted molar refractivity (Wildman–Crippen MR) is 89.7 cm³/mol. The summed E-state index contributed by atoms with van der Waals surface area (Å²) in [6.07, 6.45) is 0.707. The molecule has 0 aliphatic carbocycles. The fraction of sp³-hybridized carbons (Fsp3) is 0.188. The van der Waals surface area contributed by atoms with Crippen molar-refractivity contribution in [2.24, 2.45) is 0 Å². The van der Waals surface area contributed by atoms with E-state index in [2.05, 4.69) is 9.55 Å². The summed E-state index contributed by atoms with van der Waals surface area (Å²) >= 11 is 18.3. The Labute approximate surface area is 138 Å². The molecule has 2 nitrogen and oxygen atoms in total. The lowest BCUT2D eigenvalue weighted by Gasteiger charge is -2.10. The molecule has 0 atom stereocenters. The van der Waals surface area contributed by atoms with E-state index < -0.39 is 0 Å². The molecule has 108 valence electrons. The molecule has 1 heterocycles. The van der Waals surface area contributed by atoms with Crippen molar-refractivity contribution >= 4 is 45.8 Å². The Bertz CT molecular complexity index is 780. The highest BCUT2D eigenvalue weighted by atomic mass is 35.5. The summed E-state index contributed by atoms with van der Waals surface area (Å²) < 4.78 is 2.13. The molecule has 2 aromatic carbocycles. The smallest absolute Gasteiger partial charge is 0.111 e. The molecule has 0 fully saturated rings. The van der Waals surface area contributed by atoms with Gasteiger partial charge in [-0.05, 0) is 29.8 Å². The lowest BCUT2D eigenvalue weighted by atomic mass is 10.2. The fourth-order valence-corrected chi connectivity index (χ4v) is 2.93. The van der Waals surface area contributed by atoms with Gasteiger partial charge in [-0.1, -0.05) is 41.4 Å². The Hall–Kier alpha value is -1.22. The van der Waals surface area contributed by atoms with Crippen molar-refractivity contribution < 1.29 is 0 Å². The number of alkyl halides is 1. The summed E-state index contributed by atoms with van der Waals surface area (Å²) in [4.78, 5) is 4.65. The maximum Gasteiger partial charge on any atom is 0.111 e. The van der Waals surface area contributed by atoms with Gasteiger partial charge < -0.3 is 4.57 Å². The van der Waals surface area contributed by atoms with E-state index in [9.17, 15) is 0 Å².